The third-order valence-corrected chi connectivity index (χ3v) is 2.72. The molecule has 1 atom stereocenters. The highest BCUT2D eigenvalue weighted by Crippen LogP contribution is 2.16. The molecule has 2 aromatic rings. The summed E-state index contributed by atoms with van der Waals surface area (Å²) in [5.41, 5.74) is 6.97. The molecule has 6 heteroatoms. The minimum Gasteiger partial charge on any atom is -0.327 e. The first-order chi connectivity index (χ1) is 9.45. The van der Waals surface area contributed by atoms with E-state index in [1.807, 2.05) is 6.92 Å². The summed E-state index contributed by atoms with van der Waals surface area (Å²) in [6.07, 6.45) is 0.228. The Bertz CT molecular complexity index is 621. The second kappa shape index (κ2) is 5.83. The Morgan fingerprint density at radius 3 is 2.90 bits per heavy atom. The van der Waals surface area contributed by atoms with Gasteiger partial charge in [-0.3, -0.25) is 4.79 Å². The van der Waals surface area contributed by atoms with Gasteiger partial charge in [0, 0.05) is 24.2 Å². The van der Waals surface area contributed by atoms with E-state index in [1.165, 1.54) is 12.1 Å². The smallest absolute Gasteiger partial charge is 0.227 e. The molecule has 2 rings (SSSR count). The summed E-state index contributed by atoms with van der Waals surface area (Å²) in [5.74, 6) is -0.0961. The summed E-state index contributed by atoms with van der Waals surface area (Å²) in [6.45, 7) is 3.59. The number of carbonyl (C=O) groups excluding carboxylic acids is 1. The van der Waals surface area contributed by atoms with Crippen molar-refractivity contribution in [3.05, 3.63) is 41.8 Å². The highest BCUT2D eigenvalue weighted by Gasteiger charge is 2.10. The van der Waals surface area contributed by atoms with Gasteiger partial charge in [-0.2, -0.15) is 0 Å². The topological polar surface area (TPSA) is 72.9 Å². The summed E-state index contributed by atoms with van der Waals surface area (Å²) in [6, 6.07) is 7.63. The number of benzene rings is 1. The Kier molecular flexibility index (Phi) is 4.14. The number of nitrogens with two attached hydrogens (primary N) is 1. The number of nitrogens with one attached hydrogen (secondary N) is 1. The predicted molar refractivity (Wildman–Crippen MR) is 75.2 cm³/mol. The van der Waals surface area contributed by atoms with Gasteiger partial charge in [-0.05, 0) is 32.0 Å². The summed E-state index contributed by atoms with van der Waals surface area (Å²) in [5, 5.41) is 6.92. The zero-order valence-electron chi connectivity index (χ0n) is 11.4. The van der Waals surface area contributed by atoms with Gasteiger partial charge in [0.2, 0.25) is 5.91 Å². The Morgan fingerprint density at radius 2 is 2.25 bits per heavy atom. The molecule has 0 fully saturated rings. The maximum Gasteiger partial charge on any atom is 0.227 e. The molecule has 0 saturated heterocycles. The minimum atomic E-state index is -0.333. The number of rotatable bonds is 4. The average Bonchev–Trinajstić information content (AvgIpc) is 2.68. The summed E-state index contributed by atoms with van der Waals surface area (Å²) >= 11 is 0. The van der Waals surface area contributed by atoms with Gasteiger partial charge in [-0.25, -0.2) is 9.07 Å². The highest BCUT2D eigenvalue weighted by molar-refractivity contribution is 5.90. The van der Waals surface area contributed by atoms with Crippen LogP contribution in [-0.2, 0) is 4.79 Å². The molecule has 0 aliphatic carbocycles. The Hall–Kier alpha value is -2.21. The van der Waals surface area contributed by atoms with Crippen LogP contribution >= 0.6 is 0 Å². The zero-order valence-corrected chi connectivity index (χ0v) is 11.4. The van der Waals surface area contributed by atoms with Crippen molar-refractivity contribution in [2.24, 2.45) is 5.73 Å². The van der Waals surface area contributed by atoms with Crippen LogP contribution in [0.4, 0.5) is 10.2 Å². The van der Waals surface area contributed by atoms with Crippen LogP contribution in [0, 0.1) is 12.7 Å². The van der Waals surface area contributed by atoms with E-state index in [1.54, 1.807) is 29.8 Å². The molecule has 3 N–H and O–H groups in total. The van der Waals surface area contributed by atoms with Gasteiger partial charge in [0.25, 0.3) is 0 Å². The first-order valence-corrected chi connectivity index (χ1v) is 6.34. The van der Waals surface area contributed by atoms with Gasteiger partial charge >= 0.3 is 0 Å². The monoisotopic (exact) mass is 276 g/mol. The second-order valence-electron chi connectivity index (χ2n) is 4.79. The number of anilines is 1. The lowest BCUT2D eigenvalue weighted by Crippen LogP contribution is -2.24. The van der Waals surface area contributed by atoms with Crippen LogP contribution in [-0.4, -0.2) is 21.7 Å². The third kappa shape index (κ3) is 3.42. The third-order valence-electron chi connectivity index (χ3n) is 2.72. The van der Waals surface area contributed by atoms with E-state index in [0.717, 1.165) is 5.69 Å². The predicted octanol–water partition coefficient (Wildman–Crippen LogP) is 2.00. The fourth-order valence-corrected chi connectivity index (χ4v) is 1.89. The molecule has 0 spiro atoms. The number of amides is 1. The SMILES string of the molecule is Cc1cc(NC(=O)CC(C)N)nn1-c1cccc(F)c1. The van der Waals surface area contributed by atoms with Gasteiger partial charge < -0.3 is 11.1 Å². The van der Waals surface area contributed by atoms with Gasteiger partial charge in [0.15, 0.2) is 5.82 Å². The van der Waals surface area contributed by atoms with Crippen LogP contribution in [0.25, 0.3) is 5.69 Å². The quantitative estimate of drug-likeness (QED) is 0.897. The molecule has 0 aliphatic rings. The number of aromatic nitrogens is 2. The van der Waals surface area contributed by atoms with E-state index in [2.05, 4.69) is 10.4 Å². The lowest BCUT2D eigenvalue weighted by molar-refractivity contribution is -0.116. The van der Waals surface area contributed by atoms with E-state index >= 15 is 0 Å². The van der Waals surface area contributed by atoms with Gasteiger partial charge in [0.1, 0.15) is 5.82 Å². The van der Waals surface area contributed by atoms with Gasteiger partial charge in [-0.1, -0.05) is 6.07 Å². The van der Waals surface area contributed by atoms with Gasteiger partial charge in [-0.15, -0.1) is 5.10 Å². The normalized spacial score (nSPS) is 12.2. The van der Waals surface area contributed by atoms with E-state index < -0.39 is 0 Å². The van der Waals surface area contributed by atoms with E-state index in [4.69, 9.17) is 5.73 Å². The summed E-state index contributed by atoms with van der Waals surface area (Å²) in [4.78, 5) is 11.6. The molecule has 106 valence electrons. The van der Waals surface area contributed by atoms with Crippen LogP contribution in [0.3, 0.4) is 0 Å². The average molecular weight is 276 g/mol. The molecular weight excluding hydrogens is 259 g/mol. The summed E-state index contributed by atoms with van der Waals surface area (Å²) < 4.78 is 14.8. The van der Waals surface area contributed by atoms with Crippen molar-refractivity contribution in [1.82, 2.24) is 9.78 Å². The largest absolute Gasteiger partial charge is 0.327 e. The molecule has 0 saturated carbocycles. The van der Waals surface area contributed by atoms with Crippen molar-refractivity contribution < 1.29 is 9.18 Å². The zero-order chi connectivity index (χ0) is 14.7. The second-order valence-corrected chi connectivity index (χ2v) is 4.79. The molecule has 0 bridgehead atoms. The molecule has 0 aliphatic heterocycles. The molecule has 0 radical (unpaired) electrons. The summed E-state index contributed by atoms with van der Waals surface area (Å²) in [7, 11) is 0. The molecule has 1 aromatic carbocycles. The molecular formula is C14H17FN4O. The number of nitrogens with zero attached hydrogens (tertiary/aromatic N) is 2. The fraction of sp³-hybridized carbons (Fsp3) is 0.286. The molecule has 1 aromatic heterocycles. The molecule has 5 nitrogen and oxygen atoms in total. The standard InChI is InChI=1S/C14H17FN4O/c1-9(16)6-14(20)17-13-7-10(2)19(18-13)12-5-3-4-11(15)8-12/h3-5,7-9H,6,16H2,1-2H3,(H,17,18,20). The first-order valence-electron chi connectivity index (χ1n) is 6.34. The molecule has 1 heterocycles. The highest BCUT2D eigenvalue weighted by atomic mass is 19.1. The Morgan fingerprint density at radius 1 is 1.50 bits per heavy atom. The number of aryl methyl sites for hydroxylation is 1. The fourth-order valence-electron chi connectivity index (χ4n) is 1.89. The van der Waals surface area contributed by atoms with Crippen LogP contribution in [0.2, 0.25) is 0 Å². The minimum absolute atomic E-state index is 0.191. The maximum absolute atomic E-state index is 13.2. The van der Waals surface area contributed by atoms with Crippen molar-refractivity contribution in [2.75, 3.05) is 5.32 Å². The van der Waals surface area contributed by atoms with E-state index in [-0.39, 0.29) is 24.2 Å². The van der Waals surface area contributed by atoms with Crippen LogP contribution in [0.15, 0.2) is 30.3 Å². The molecule has 1 unspecified atom stereocenters. The van der Waals surface area contributed by atoms with Crippen LogP contribution in [0.5, 0.6) is 0 Å². The van der Waals surface area contributed by atoms with E-state index in [0.29, 0.717) is 11.5 Å². The number of carbonyl (C=O) groups is 1. The lowest BCUT2D eigenvalue weighted by Gasteiger charge is -2.05. The van der Waals surface area contributed by atoms with Crippen molar-refractivity contribution >= 4 is 11.7 Å². The molecule has 20 heavy (non-hydrogen) atoms. The first kappa shape index (κ1) is 14.2. The number of halogens is 1. The van der Waals surface area contributed by atoms with Crippen molar-refractivity contribution in [2.45, 2.75) is 26.3 Å². The number of hydrogen-bond acceptors (Lipinski definition) is 3. The van der Waals surface area contributed by atoms with Crippen LogP contribution < -0.4 is 11.1 Å². The molecule has 1 amide bonds. The maximum atomic E-state index is 13.2. The lowest BCUT2D eigenvalue weighted by atomic mass is 10.2. The number of hydrogen-bond donors (Lipinski definition) is 2. The van der Waals surface area contributed by atoms with Gasteiger partial charge in [0.05, 0.1) is 5.69 Å². The van der Waals surface area contributed by atoms with E-state index in [9.17, 15) is 9.18 Å². The Labute approximate surface area is 116 Å². The van der Waals surface area contributed by atoms with Crippen molar-refractivity contribution in [3.8, 4) is 5.69 Å². The Balaban J connectivity index is 2.20. The van der Waals surface area contributed by atoms with Crippen molar-refractivity contribution in [1.29, 1.82) is 0 Å². The van der Waals surface area contributed by atoms with Crippen LogP contribution in [0.1, 0.15) is 19.0 Å². The van der Waals surface area contributed by atoms with Crippen molar-refractivity contribution in [3.63, 3.8) is 0 Å².